The van der Waals surface area contributed by atoms with Gasteiger partial charge >= 0.3 is 12.0 Å². The quantitative estimate of drug-likeness (QED) is 0.900. The maximum Gasteiger partial charge on any atom is 0.326 e. The van der Waals surface area contributed by atoms with E-state index >= 15 is 0 Å². The van der Waals surface area contributed by atoms with Crippen molar-refractivity contribution in [3.8, 4) is 0 Å². The Labute approximate surface area is 122 Å². The molecule has 2 rings (SSSR count). The van der Waals surface area contributed by atoms with Gasteiger partial charge in [0.1, 0.15) is 11.9 Å². The van der Waals surface area contributed by atoms with Gasteiger partial charge in [0.15, 0.2) is 0 Å². The first-order valence-electron chi connectivity index (χ1n) is 7.05. The predicted molar refractivity (Wildman–Crippen MR) is 75.3 cm³/mol. The van der Waals surface area contributed by atoms with E-state index in [1.54, 1.807) is 25.1 Å². The zero-order valence-corrected chi connectivity index (χ0v) is 11.9. The van der Waals surface area contributed by atoms with E-state index in [1.165, 1.54) is 11.0 Å². The van der Waals surface area contributed by atoms with Gasteiger partial charge in [0.2, 0.25) is 0 Å². The van der Waals surface area contributed by atoms with Crippen molar-refractivity contribution in [3.05, 3.63) is 35.6 Å². The number of aliphatic carboxylic acids is 1. The summed E-state index contributed by atoms with van der Waals surface area (Å²) < 4.78 is 13.7. The summed E-state index contributed by atoms with van der Waals surface area (Å²) in [5, 5.41) is 11.8. The number of hydrogen-bond donors (Lipinski definition) is 2. The maximum absolute atomic E-state index is 13.7. The zero-order chi connectivity index (χ0) is 15.4. The van der Waals surface area contributed by atoms with Crippen molar-refractivity contribution in [2.75, 3.05) is 6.54 Å². The molecule has 1 fully saturated rings. The van der Waals surface area contributed by atoms with Crippen LogP contribution in [0.5, 0.6) is 0 Å². The third-order valence-corrected chi connectivity index (χ3v) is 3.76. The summed E-state index contributed by atoms with van der Waals surface area (Å²) in [7, 11) is 0. The smallest absolute Gasteiger partial charge is 0.326 e. The number of benzene rings is 1. The summed E-state index contributed by atoms with van der Waals surface area (Å²) in [6.07, 6.45) is 2.03. The van der Waals surface area contributed by atoms with E-state index in [0.29, 0.717) is 18.5 Å². The predicted octanol–water partition coefficient (Wildman–Crippen LogP) is 2.54. The summed E-state index contributed by atoms with van der Waals surface area (Å²) in [5.74, 6) is -1.39. The normalized spacial score (nSPS) is 19.9. The van der Waals surface area contributed by atoms with Crippen molar-refractivity contribution in [2.45, 2.75) is 38.3 Å². The number of likely N-dealkylation sites (tertiary alicyclic amines) is 1. The number of piperidine rings is 1. The fraction of sp³-hybridized carbons (Fsp3) is 0.467. The second-order valence-corrected chi connectivity index (χ2v) is 5.24. The molecule has 1 aromatic carbocycles. The molecule has 0 aliphatic carbocycles. The van der Waals surface area contributed by atoms with Gasteiger partial charge in [-0.15, -0.1) is 0 Å². The number of carbonyl (C=O) groups excluding carboxylic acids is 1. The minimum atomic E-state index is -0.997. The first kappa shape index (κ1) is 15.3. The van der Waals surface area contributed by atoms with E-state index in [2.05, 4.69) is 5.32 Å². The van der Waals surface area contributed by atoms with Crippen molar-refractivity contribution in [1.82, 2.24) is 10.2 Å². The van der Waals surface area contributed by atoms with Gasteiger partial charge in [-0.2, -0.15) is 0 Å². The molecule has 0 spiro atoms. The van der Waals surface area contributed by atoms with Crippen LogP contribution in [0.2, 0.25) is 0 Å². The molecule has 0 aromatic heterocycles. The van der Waals surface area contributed by atoms with Gasteiger partial charge in [-0.25, -0.2) is 14.0 Å². The second kappa shape index (κ2) is 6.56. The fourth-order valence-electron chi connectivity index (χ4n) is 2.60. The van der Waals surface area contributed by atoms with Crippen molar-refractivity contribution < 1.29 is 19.1 Å². The van der Waals surface area contributed by atoms with E-state index in [4.69, 9.17) is 0 Å². The number of urea groups is 1. The topological polar surface area (TPSA) is 69.6 Å². The number of rotatable bonds is 3. The van der Waals surface area contributed by atoms with E-state index in [9.17, 15) is 19.1 Å². The molecule has 2 N–H and O–H groups in total. The van der Waals surface area contributed by atoms with Gasteiger partial charge < -0.3 is 15.3 Å². The monoisotopic (exact) mass is 294 g/mol. The van der Waals surface area contributed by atoms with Crippen LogP contribution in [0.3, 0.4) is 0 Å². The van der Waals surface area contributed by atoms with Gasteiger partial charge in [-0.3, -0.25) is 0 Å². The van der Waals surface area contributed by atoms with Crippen LogP contribution in [0.1, 0.15) is 37.8 Å². The molecular formula is C15H19FN2O3. The number of nitrogens with one attached hydrogen (secondary N) is 1. The lowest BCUT2D eigenvalue weighted by Crippen LogP contribution is -2.52. The maximum atomic E-state index is 13.7. The molecule has 1 aliphatic rings. The highest BCUT2D eigenvalue weighted by molar-refractivity contribution is 5.83. The molecule has 2 unspecified atom stereocenters. The van der Waals surface area contributed by atoms with Crippen molar-refractivity contribution in [1.29, 1.82) is 0 Å². The Hall–Kier alpha value is -2.11. The highest BCUT2D eigenvalue weighted by atomic mass is 19.1. The van der Waals surface area contributed by atoms with Crippen molar-refractivity contribution in [3.63, 3.8) is 0 Å². The largest absolute Gasteiger partial charge is 0.480 e. The average Bonchev–Trinajstić information content (AvgIpc) is 2.47. The van der Waals surface area contributed by atoms with Gasteiger partial charge in [0.05, 0.1) is 6.04 Å². The fourth-order valence-corrected chi connectivity index (χ4v) is 2.60. The van der Waals surface area contributed by atoms with Gasteiger partial charge in [0, 0.05) is 12.1 Å². The molecule has 1 aromatic rings. The van der Waals surface area contributed by atoms with Crippen molar-refractivity contribution in [2.24, 2.45) is 0 Å². The van der Waals surface area contributed by atoms with Crippen LogP contribution < -0.4 is 5.32 Å². The van der Waals surface area contributed by atoms with E-state index < -0.39 is 29.9 Å². The molecule has 0 radical (unpaired) electrons. The SMILES string of the molecule is CC(NC(=O)N1CCCCC1C(=O)O)c1ccccc1F. The number of hydrogen-bond acceptors (Lipinski definition) is 2. The number of carboxylic acids is 1. The second-order valence-electron chi connectivity index (χ2n) is 5.24. The van der Waals surface area contributed by atoms with E-state index in [-0.39, 0.29) is 0 Å². The number of carbonyl (C=O) groups is 2. The standard InChI is InChI=1S/C15H19FN2O3/c1-10(11-6-2-3-7-12(11)16)17-15(21)18-9-5-4-8-13(18)14(19)20/h2-3,6-7,10,13H,4-5,8-9H2,1H3,(H,17,21)(H,19,20). The van der Waals surface area contributed by atoms with E-state index in [0.717, 1.165) is 12.8 Å². The minimum Gasteiger partial charge on any atom is -0.480 e. The lowest BCUT2D eigenvalue weighted by Gasteiger charge is -2.33. The van der Waals surface area contributed by atoms with Gasteiger partial charge in [0.25, 0.3) is 0 Å². The molecule has 2 atom stereocenters. The highest BCUT2D eigenvalue weighted by Crippen LogP contribution is 2.20. The molecule has 114 valence electrons. The number of halogens is 1. The molecule has 1 aliphatic heterocycles. The summed E-state index contributed by atoms with van der Waals surface area (Å²) in [4.78, 5) is 24.8. The Morgan fingerprint density at radius 2 is 2.10 bits per heavy atom. The number of amides is 2. The minimum absolute atomic E-state index is 0.384. The van der Waals surface area contributed by atoms with Crippen molar-refractivity contribution >= 4 is 12.0 Å². The molecular weight excluding hydrogens is 275 g/mol. The summed E-state index contributed by atoms with van der Waals surface area (Å²) in [6, 6.07) is 4.43. The summed E-state index contributed by atoms with van der Waals surface area (Å²) >= 11 is 0. The lowest BCUT2D eigenvalue weighted by molar-refractivity contribution is -0.143. The highest BCUT2D eigenvalue weighted by Gasteiger charge is 2.32. The third kappa shape index (κ3) is 3.51. The molecule has 0 saturated carbocycles. The van der Waals surface area contributed by atoms with Crippen LogP contribution in [0.4, 0.5) is 9.18 Å². The molecule has 0 bridgehead atoms. The van der Waals surface area contributed by atoms with Crippen LogP contribution >= 0.6 is 0 Å². The summed E-state index contributed by atoms with van der Waals surface area (Å²) in [6.45, 7) is 2.09. The Bertz CT molecular complexity index is 535. The van der Waals surface area contributed by atoms with Crippen LogP contribution in [0, 0.1) is 5.82 Å². The average molecular weight is 294 g/mol. The molecule has 5 nitrogen and oxygen atoms in total. The Morgan fingerprint density at radius 3 is 2.76 bits per heavy atom. The van der Waals surface area contributed by atoms with E-state index in [1.807, 2.05) is 0 Å². The molecule has 21 heavy (non-hydrogen) atoms. The molecule has 1 saturated heterocycles. The van der Waals surface area contributed by atoms with Gasteiger partial charge in [-0.1, -0.05) is 18.2 Å². The summed E-state index contributed by atoms with van der Waals surface area (Å²) in [5.41, 5.74) is 0.384. The lowest BCUT2D eigenvalue weighted by atomic mass is 10.0. The Morgan fingerprint density at radius 1 is 1.38 bits per heavy atom. The third-order valence-electron chi connectivity index (χ3n) is 3.76. The molecule has 6 heteroatoms. The van der Waals surface area contributed by atoms with Crippen LogP contribution in [-0.2, 0) is 4.79 Å². The van der Waals surface area contributed by atoms with Crippen LogP contribution in [-0.4, -0.2) is 34.6 Å². The van der Waals surface area contributed by atoms with Crippen LogP contribution in [0.25, 0.3) is 0 Å². The molecule has 2 amide bonds. The zero-order valence-electron chi connectivity index (χ0n) is 11.9. The Kier molecular flexibility index (Phi) is 4.77. The van der Waals surface area contributed by atoms with Crippen LogP contribution in [0.15, 0.2) is 24.3 Å². The first-order valence-corrected chi connectivity index (χ1v) is 7.05. The molecule has 1 heterocycles. The number of nitrogens with zero attached hydrogens (tertiary/aromatic N) is 1. The Balaban J connectivity index is 2.06. The van der Waals surface area contributed by atoms with Gasteiger partial charge in [-0.05, 0) is 32.3 Å². The number of carboxylic acid groups (broad SMARTS) is 1. The first-order chi connectivity index (χ1) is 10.0.